The van der Waals surface area contributed by atoms with Crippen LogP contribution in [0.5, 0.6) is 0 Å². The maximum Gasteiger partial charge on any atom is 0.0174 e. The van der Waals surface area contributed by atoms with Crippen molar-refractivity contribution in [1.82, 2.24) is 4.90 Å². The minimum Gasteiger partial charge on any atom is -0.327 e. The van der Waals surface area contributed by atoms with E-state index in [0.717, 1.165) is 18.9 Å². The van der Waals surface area contributed by atoms with Crippen molar-refractivity contribution in [3.8, 4) is 0 Å². The van der Waals surface area contributed by atoms with Crippen molar-refractivity contribution in [2.75, 3.05) is 19.6 Å². The Kier molecular flexibility index (Phi) is 5.76. The third-order valence-corrected chi connectivity index (χ3v) is 5.87. The predicted octanol–water partition coefficient (Wildman–Crippen LogP) is 4.51. The molecule has 2 unspecified atom stereocenters. The number of rotatable bonds is 4. The van der Waals surface area contributed by atoms with E-state index in [1.54, 1.807) is 0 Å². The summed E-state index contributed by atoms with van der Waals surface area (Å²) in [6, 6.07) is 9.65. The molecule has 2 atom stereocenters. The molecule has 2 heteroatoms. The molecule has 3 rings (SSSR count). The molecule has 0 amide bonds. The Balaban J connectivity index is 1.62. The number of nitrogens with zero attached hydrogens (tertiary/aromatic N) is 1. The summed E-state index contributed by atoms with van der Waals surface area (Å²) in [6.07, 6.45) is 8.32. The van der Waals surface area contributed by atoms with Gasteiger partial charge in [0.15, 0.2) is 0 Å². The van der Waals surface area contributed by atoms with Crippen LogP contribution in [-0.4, -0.2) is 30.6 Å². The Morgan fingerprint density at radius 3 is 2.39 bits per heavy atom. The Morgan fingerprint density at radius 1 is 1.04 bits per heavy atom. The molecule has 0 bridgehead atoms. The van der Waals surface area contributed by atoms with Gasteiger partial charge in [-0.05, 0) is 48.1 Å². The molecule has 1 saturated heterocycles. The van der Waals surface area contributed by atoms with Crippen LogP contribution in [0.25, 0.3) is 0 Å². The predicted molar refractivity (Wildman–Crippen MR) is 98.9 cm³/mol. The van der Waals surface area contributed by atoms with Crippen molar-refractivity contribution < 1.29 is 0 Å². The lowest BCUT2D eigenvalue weighted by Gasteiger charge is -2.39. The van der Waals surface area contributed by atoms with Gasteiger partial charge in [0.25, 0.3) is 0 Å². The first-order valence-electron chi connectivity index (χ1n) is 9.69. The van der Waals surface area contributed by atoms with Crippen LogP contribution < -0.4 is 5.73 Å². The van der Waals surface area contributed by atoms with E-state index in [-0.39, 0.29) is 0 Å². The second kappa shape index (κ2) is 7.81. The zero-order chi connectivity index (χ0) is 16.2. The van der Waals surface area contributed by atoms with E-state index < -0.39 is 0 Å². The Bertz CT molecular complexity index is 473. The summed E-state index contributed by atoms with van der Waals surface area (Å²) in [4.78, 5) is 2.66. The molecule has 0 aromatic heterocycles. The van der Waals surface area contributed by atoms with Gasteiger partial charge in [0, 0.05) is 25.7 Å². The number of nitrogens with two attached hydrogens (primary N) is 1. The average molecular weight is 315 g/mol. The van der Waals surface area contributed by atoms with E-state index in [9.17, 15) is 0 Å². The van der Waals surface area contributed by atoms with Crippen LogP contribution in [0, 0.1) is 5.92 Å². The standard InChI is InChI=1S/C21H34N2/c1-16(2)18-8-10-19(11-9-18)20-12-21(22)15-23(14-20)13-17-6-4-3-5-7-17/h8-11,16-17,20-21H,3-7,12-15,22H2,1-2H3. The number of hydrogen-bond donors (Lipinski definition) is 1. The lowest BCUT2D eigenvalue weighted by molar-refractivity contribution is 0.147. The highest BCUT2D eigenvalue weighted by Crippen LogP contribution is 2.30. The molecule has 0 radical (unpaired) electrons. The fourth-order valence-corrected chi connectivity index (χ4v) is 4.51. The normalized spacial score (nSPS) is 27.5. The molecule has 2 fully saturated rings. The van der Waals surface area contributed by atoms with Gasteiger partial charge in [-0.25, -0.2) is 0 Å². The molecule has 1 aliphatic heterocycles. The molecule has 1 aromatic carbocycles. The van der Waals surface area contributed by atoms with Crippen LogP contribution in [0.3, 0.4) is 0 Å². The molecule has 1 saturated carbocycles. The van der Waals surface area contributed by atoms with Crippen molar-refractivity contribution >= 4 is 0 Å². The van der Waals surface area contributed by atoms with Gasteiger partial charge in [-0.1, -0.05) is 57.4 Å². The highest BCUT2D eigenvalue weighted by atomic mass is 15.2. The van der Waals surface area contributed by atoms with Gasteiger partial charge in [0.2, 0.25) is 0 Å². The first-order chi connectivity index (χ1) is 11.1. The Morgan fingerprint density at radius 2 is 1.74 bits per heavy atom. The smallest absolute Gasteiger partial charge is 0.0174 e. The Labute approximate surface area is 142 Å². The molecule has 2 aliphatic rings. The molecule has 2 nitrogen and oxygen atoms in total. The molecule has 128 valence electrons. The van der Waals surface area contributed by atoms with E-state index in [1.807, 2.05) is 0 Å². The van der Waals surface area contributed by atoms with Crippen LogP contribution in [-0.2, 0) is 0 Å². The molecule has 1 heterocycles. The molecule has 1 aliphatic carbocycles. The van der Waals surface area contributed by atoms with E-state index in [0.29, 0.717) is 17.9 Å². The third kappa shape index (κ3) is 4.58. The van der Waals surface area contributed by atoms with E-state index in [1.165, 1.54) is 56.3 Å². The van der Waals surface area contributed by atoms with Crippen molar-refractivity contribution in [3.05, 3.63) is 35.4 Å². The fourth-order valence-electron chi connectivity index (χ4n) is 4.51. The number of benzene rings is 1. The number of piperidine rings is 1. The largest absolute Gasteiger partial charge is 0.327 e. The van der Waals surface area contributed by atoms with Crippen LogP contribution >= 0.6 is 0 Å². The van der Waals surface area contributed by atoms with E-state index >= 15 is 0 Å². The quantitative estimate of drug-likeness (QED) is 0.886. The maximum atomic E-state index is 6.39. The van der Waals surface area contributed by atoms with E-state index in [2.05, 4.69) is 43.0 Å². The SMILES string of the molecule is CC(C)c1ccc(C2CC(N)CN(CC3CCCCC3)C2)cc1. The molecule has 0 spiro atoms. The minimum atomic E-state index is 0.335. The van der Waals surface area contributed by atoms with Crippen molar-refractivity contribution in [3.63, 3.8) is 0 Å². The summed E-state index contributed by atoms with van der Waals surface area (Å²) in [5.41, 5.74) is 9.32. The van der Waals surface area contributed by atoms with Crippen LogP contribution in [0.4, 0.5) is 0 Å². The molecule has 1 aromatic rings. The minimum absolute atomic E-state index is 0.335. The van der Waals surface area contributed by atoms with E-state index in [4.69, 9.17) is 5.73 Å². The maximum absolute atomic E-state index is 6.39. The van der Waals surface area contributed by atoms with Gasteiger partial charge < -0.3 is 10.6 Å². The summed E-state index contributed by atoms with van der Waals surface area (Å²) < 4.78 is 0. The lowest BCUT2D eigenvalue weighted by Crippen LogP contribution is -2.47. The highest BCUT2D eigenvalue weighted by Gasteiger charge is 2.28. The number of likely N-dealkylation sites (tertiary alicyclic amines) is 1. The number of hydrogen-bond acceptors (Lipinski definition) is 2. The topological polar surface area (TPSA) is 29.3 Å². The first-order valence-corrected chi connectivity index (χ1v) is 9.69. The third-order valence-electron chi connectivity index (χ3n) is 5.87. The summed E-state index contributed by atoms with van der Waals surface area (Å²) in [5, 5.41) is 0. The molecular weight excluding hydrogens is 280 g/mol. The van der Waals surface area contributed by atoms with Crippen LogP contribution in [0.1, 0.15) is 75.3 Å². The zero-order valence-electron chi connectivity index (χ0n) is 15.0. The summed E-state index contributed by atoms with van der Waals surface area (Å²) in [7, 11) is 0. The lowest BCUT2D eigenvalue weighted by atomic mass is 9.85. The van der Waals surface area contributed by atoms with Gasteiger partial charge >= 0.3 is 0 Å². The van der Waals surface area contributed by atoms with Gasteiger partial charge in [-0.3, -0.25) is 0 Å². The van der Waals surface area contributed by atoms with Crippen molar-refractivity contribution in [1.29, 1.82) is 0 Å². The molecular formula is C21H34N2. The average Bonchev–Trinajstić information content (AvgIpc) is 2.55. The van der Waals surface area contributed by atoms with Gasteiger partial charge in [-0.2, -0.15) is 0 Å². The summed E-state index contributed by atoms with van der Waals surface area (Å²) >= 11 is 0. The Hall–Kier alpha value is -0.860. The summed E-state index contributed by atoms with van der Waals surface area (Å²) in [5.74, 6) is 2.14. The van der Waals surface area contributed by atoms with Crippen LogP contribution in [0.2, 0.25) is 0 Å². The van der Waals surface area contributed by atoms with Crippen molar-refractivity contribution in [2.24, 2.45) is 11.7 Å². The fraction of sp³-hybridized carbons (Fsp3) is 0.714. The second-order valence-electron chi connectivity index (χ2n) is 8.24. The highest BCUT2D eigenvalue weighted by molar-refractivity contribution is 5.28. The van der Waals surface area contributed by atoms with Gasteiger partial charge in [0.05, 0.1) is 0 Å². The molecule has 23 heavy (non-hydrogen) atoms. The molecule has 2 N–H and O–H groups in total. The van der Waals surface area contributed by atoms with Crippen molar-refractivity contribution in [2.45, 2.75) is 70.3 Å². The second-order valence-corrected chi connectivity index (χ2v) is 8.24. The van der Waals surface area contributed by atoms with Gasteiger partial charge in [0.1, 0.15) is 0 Å². The first kappa shape index (κ1) is 17.0. The van der Waals surface area contributed by atoms with Crippen LogP contribution in [0.15, 0.2) is 24.3 Å². The zero-order valence-corrected chi connectivity index (χ0v) is 15.0. The summed E-state index contributed by atoms with van der Waals surface area (Å²) in [6.45, 7) is 8.09. The van der Waals surface area contributed by atoms with Gasteiger partial charge in [-0.15, -0.1) is 0 Å². The monoisotopic (exact) mass is 314 g/mol.